The molecule has 0 saturated heterocycles. The smallest absolute Gasteiger partial charge is 0.383 e. The van der Waals surface area contributed by atoms with Crippen LogP contribution in [0.3, 0.4) is 0 Å². The Kier molecular flexibility index (Phi) is 11.1. The number of methoxy groups -OCH3 is 1. The summed E-state index contributed by atoms with van der Waals surface area (Å²) < 4.78 is 48.4. The predicted octanol–water partition coefficient (Wildman–Crippen LogP) is 8.46. The van der Waals surface area contributed by atoms with Crippen LogP contribution < -0.4 is 5.32 Å². The fourth-order valence-electron chi connectivity index (χ4n) is 5.26. The van der Waals surface area contributed by atoms with E-state index in [1.165, 1.54) is 12.3 Å². The van der Waals surface area contributed by atoms with Crippen molar-refractivity contribution in [2.45, 2.75) is 58.3 Å². The van der Waals surface area contributed by atoms with Gasteiger partial charge in [0.15, 0.2) is 5.78 Å². The number of amides is 1. The molecule has 0 radical (unpaired) electrons. The number of nitrogens with zero attached hydrogens (tertiary/aromatic N) is 2. The summed E-state index contributed by atoms with van der Waals surface area (Å²) in [5, 5.41) is 3.93. The first-order valence-corrected chi connectivity index (χ1v) is 16.1. The maximum Gasteiger partial charge on any atom is 0.433 e. The first-order valence-electron chi connectivity index (χ1n) is 14.5. The molecule has 0 saturated carbocycles. The number of alkyl halides is 3. The molecular weight excluding hydrogens is 574 g/mol. The lowest BCUT2D eigenvalue weighted by molar-refractivity contribution is -0.141. The summed E-state index contributed by atoms with van der Waals surface area (Å²) in [6.45, 7) is 5.06. The number of carbonyl (C=O) groups is 2. The maximum atomic E-state index is 12.9. The number of rotatable bonds is 14. The Morgan fingerprint density at radius 2 is 1.77 bits per heavy atom. The van der Waals surface area contributed by atoms with E-state index in [-0.39, 0.29) is 11.7 Å². The van der Waals surface area contributed by atoms with Gasteiger partial charge in [-0.1, -0.05) is 50.1 Å². The molecule has 4 aromatic rings. The van der Waals surface area contributed by atoms with E-state index in [4.69, 9.17) is 9.48 Å². The van der Waals surface area contributed by atoms with E-state index in [1.54, 1.807) is 31.4 Å². The number of pyridine rings is 1. The summed E-state index contributed by atoms with van der Waals surface area (Å²) in [6, 6.07) is 13.0. The predicted molar refractivity (Wildman–Crippen MR) is 165 cm³/mol. The van der Waals surface area contributed by atoms with E-state index in [1.807, 2.05) is 19.1 Å². The molecule has 1 amide bonds. The number of aryl methyl sites for hydroxylation is 1. The molecule has 2 aromatic heterocycles. The van der Waals surface area contributed by atoms with E-state index in [9.17, 15) is 22.8 Å². The number of ether oxygens (including phenoxy) is 1. The van der Waals surface area contributed by atoms with Crippen LogP contribution in [-0.4, -0.2) is 41.7 Å². The highest BCUT2D eigenvalue weighted by Gasteiger charge is 2.32. The van der Waals surface area contributed by atoms with Crippen molar-refractivity contribution >= 4 is 30.3 Å². The van der Waals surface area contributed by atoms with Gasteiger partial charge >= 0.3 is 6.18 Å². The highest BCUT2D eigenvalue weighted by molar-refractivity contribution is 7.44. The highest BCUT2D eigenvalue weighted by Crippen LogP contribution is 2.38. The number of hydrogen-bond donors (Lipinski definition) is 1. The summed E-state index contributed by atoms with van der Waals surface area (Å²) in [4.78, 5) is 29.0. The van der Waals surface area contributed by atoms with Gasteiger partial charge in [0.1, 0.15) is 5.69 Å². The number of nitrogens with one attached hydrogen (secondary N) is 1. The number of benzene rings is 2. The Balaban J connectivity index is 1.33. The Hall–Kier alpha value is -3.55. The first kappa shape index (κ1) is 32.4. The molecule has 10 heteroatoms. The van der Waals surface area contributed by atoms with Crippen molar-refractivity contribution in [2.75, 3.05) is 20.3 Å². The molecule has 228 valence electrons. The quantitative estimate of drug-likeness (QED) is 0.114. The number of ketones is 1. The normalized spacial score (nSPS) is 12.8. The van der Waals surface area contributed by atoms with Crippen molar-refractivity contribution < 1.29 is 27.5 Å². The van der Waals surface area contributed by atoms with Crippen molar-refractivity contribution in [1.29, 1.82) is 0 Å². The third kappa shape index (κ3) is 8.52. The minimum absolute atomic E-state index is 0.0505. The molecule has 0 aliphatic carbocycles. The molecule has 0 aliphatic heterocycles. The van der Waals surface area contributed by atoms with E-state index >= 15 is 0 Å². The summed E-state index contributed by atoms with van der Waals surface area (Å²) in [5.74, 6) is 2.62. The number of halogens is 3. The largest absolute Gasteiger partial charge is 0.433 e. The van der Waals surface area contributed by atoms with Crippen LogP contribution in [0.1, 0.15) is 71.0 Å². The van der Waals surface area contributed by atoms with Gasteiger partial charge in [0.05, 0.1) is 12.1 Å². The molecule has 0 bridgehead atoms. The van der Waals surface area contributed by atoms with Crippen molar-refractivity contribution in [3.8, 4) is 11.1 Å². The van der Waals surface area contributed by atoms with Crippen molar-refractivity contribution in [1.82, 2.24) is 15.0 Å². The van der Waals surface area contributed by atoms with Crippen molar-refractivity contribution in [3.05, 3.63) is 82.9 Å². The monoisotopic (exact) mass is 611 g/mol. The van der Waals surface area contributed by atoms with Crippen LogP contribution >= 0.6 is 7.69 Å². The van der Waals surface area contributed by atoms with E-state index < -0.39 is 19.6 Å². The molecule has 2 atom stereocenters. The average Bonchev–Trinajstić information content (AvgIpc) is 3.40. The van der Waals surface area contributed by atoms with Gasteiger partial charge in [-0.25, -0.2) is 4.75 Å². The maximum absolute atomic E-state index is 12.9. The third-order valence-electron chi connectivity index (χ3n) is 7.60. The Morgan fingerprint density at radius 3 is 2.42 bits per heavy atom. The zero-order valence-electron chi connectivity index (χ0n) is 24.7. The van der Waals surface area contributed by atoms with Crippen LogP contribution in [0.4, 0.5) is 13.2 Å². The molecule has 0 fully saturated rings. The molecule has 0 spiro atoms. The Labute approximate surface area is 251 Å². The van der Waals surface area contributed by atoms with Gasteiger partial charge in [-0.15, -0.1) is 0 Å². The number of Topliss-reactive ketones (excluding diaryl/α,β-unsaturated/α-hetero) is 1. The molecule has 4 rings (SSSR count). The summed E-state index contributed by atoms with van der Waals surface area (Å²) in [5.41, 5.74) is 3.46. The Bertz CT molecular complexity index is 1530. The molecule has 1 N–H and O–H groups in total. The van der Waals surface area contributed by atoms with E-state index in [0.717, 1.165) is 54.4 Å². The van der Waals surface area contributed by atoms with Crippen LogP contribution in [0, 0.1) is 12.8 Å². The van der Waals surface area contributed by atoms with Gasteiger partial charge in [-0.05, 0) is 68.5 Å². The van der Waals surface area contributed by atoms with E-state index in [0.29, 0.717) is 47.7 Å². The first-order chi connectivity index (χ1) is 20.6. The van der Waals surface area contributed by atoms with Gasteiger partial charge in [-0.2, -0.15) is 13.2 Å². The van der Waals surface area contributed by atoms with Crippen LogP contribution in [0.5, 0.6) is 0 Å². The second-order valence-electron chi connectivity index (χ2n) is 10.7. The molecule has 43 heavy (non-hydrogen) atoms. The van der Waals surface area contributed by atoms with Gasteiger partial charge in [0.2, 0.25) is 0 Å². The highest BCUT2D eigenvalue weighted by atomic mass is 31.1. The standard InChI is InChI=1S/C33H37F3N3O3P/c1-4-6-23(20-43-21-28-22(2)27(14-15-29(28)39-43)32(41)37-17-18-42-3)7-5-8-30(40)25-11-9-24(10-12-25)26-13-16-31(38-19-26)33(34,35)36/h9-16,19,21,23H,4-8,17-18,20H2,1-3H3,(H,37,41). The number of carbonyl (C=O) groups excluding carboxylic acids is 2. The van der Waals surface area contributed by atoms with Gasteiger partial charge in [-0.3, -0.25) is 14.6 Å². The topological polar surface area (TPSA) is 81.2 Å². The third-order valence-corrected chi connectivity index (χ3v) is 9.51. The van der Waals surface area contributed by atoms with Crippen molar-refractivity contribution in [3.63, 3.8) is 0 Å². The van der Waals surface area contributed by atoms with Crippen LogP contribution in [0.15, 0.2) is 60.5 Å². The molecular formula is C33H37F3N3O3P. The van der Waals surface area contributed by atoms with Crippen molar-refractivity contribution in [2.24, 2.45) is 5.92 Å². The lowest BCUT2D eigenvalue weighted by Crippen LogP contribution is -2.27. The Morgan fingerprint density at radius 1 is 1.02 bits per heavy atom. The van der Waals surface area contributed by atoms with Gasteiger partial charge < -0.3 is 10.1 Å². The molecule has 0 aliphatic rings. The molecule has 2 unspecified atom stereocenters. The summed E-state index contributed by atoms with van der Waals surface area (Å²) in [6.07, 6.45) is 1.93. The average molecular weight is 612 g/mol. The lowest BCUT2D eigenvalue weighted by atomic mass is 9.96. The fraction of sp³-hybridized carbons (Fsp3) is 0.394. The summed E-state index contributed by atoms with van der Waals surface area (Å²) in [7, 11) is 0.901. The fourth-order valence-corrected chi connectivity index (χ4v) is 7.47. The summed E-state index contributed by atoms with van der Waals surface area (Å²) >= 11 is 0. The molecule has 2 aromatic carbocycles. The van der Waals surface area contributed by atoms with Crippen LogP contribution in [-0.2, 0) is 17.1 Å². The molecule has 6 nitrogen and oxygen atoms in total. The second-order valence-corrected chi connectivity index (χ2v) is 12.5. The number of fused-ring (bicyclic) bond motifs is 1. The lowest BCUT2D eigenvalue weighted by Gasteiger charge is -2.15. The van der Waals surface area contributed by atoms with Crippen LogP contribution in [0.25, 0.3) is 22.0 Å². The zero-order chi connectivity index (χ0) is 31.0. The minimum Gasteiger partial charge on any atom is -0.383 e. The van der Waals surface area contributed by atoms with Gasteiger partial charge in [0, 0.05) is 54.5 Å². The minimum atomic E-state index is -4.48. The van der Waals surface area contributed by atoms with Gasteiger partial charge in [0.25, 0.3) is 5.91 Å². The van der Waals surface area contributed by atoms with Crippen LogP contribution in [0.2, 0.25) is 0 Å². The SMILES string of the molecule is CCCC(CCCC(=O)c1ccc(-c2ccc(C(F)(F)F)nc2)cc1)Cp1cc2c(C)c(C(=O)NCCOC)ccc2n1. The molecule has 2 heterocycles. The number of hydrogen-bond acceptors (Lipinski definition) is 5. The second kappa shape index (κ2) is 14.8. The zero-order valence-corrected chi connectivity index (χ0v) is 25.6. The number of aromatic nitrogens is 2. The van der Waals surface area contributed by atoms with E-state index in [2.05, 4.69) is 23.0 Å².